The van der Waals surface area contributed by atoms with Gasteiger partial charge < -0.3 is 9.47 Å². The molecule has 1 aliphatic heterocycles. The van der Waals surface area contributed by atoms with Crippen molar-refractivity contribution in [1.29, 1.82) is 0 Å². The summed E-state index contributed by atoms with van der Waals surface area (Å²) in [6.07, 6.45) is 7.57. The van der Waals surface area contributed by atoms with Gasteiger partial charge in [0.15, 0.2) is 5.79 Å². The van der Waals surface area contributed by atoms with Crippen LogP contribution in [0.4, 0.5) is 0 Å². The highest BCUT2D eigenvalue weighted by atomic mass is 16.7. The Bertz CT molecular complexity index is 144. The first kappa shape index (κ1) is 8.52. The first-order chi connectivity index (χ1) is 5.81. The molecule has 1 aliphatic carbocycles. The van der Waals surface area contributed by atoms with E-state index in [0.717, 1.165) is 25.9 Å². The zero-order chi connectivity index (χ0) is 8.44. The van der Waals surface area contributed by atoms with Crippen LogP contribution in [0.15, 0.2) is 0 Å². The van der Waals surface area contributed by atoms with Crippen molar-refractivity contribution in [1.82, 2.24) is 0 Å². The molecule has 0 N–H and O–H groups in total. The van der Waals surface area contributed by atoms with E-state index >= 15 is 0 Å². The van der Waals surface area contributed by atoms with E-state index in [4.69, 9.17) is 9.47 Å². The zero-order valence-corrected chi connectivity index (χ0v) is 7.84. The lowest BCUT2D eigenvalue weighted by atomic mass is 9.93. The van der Waals surface area contributed by atoms with E-state index in [1.807, 2.05) is 0 Å². The quantitative estimate of drug-likeness (QED) is 0.556. The minimum absolute atomic E-state index is 0.171. The molecule has 0 aromatic heterocycles. The molecule has 0 aromatic rings. The highest BCUT2D eigenvalue weighted by Gasteiger charge is 2.37. The van der Waals surface area contributed by atoms with Crippen molar-refractivity contribution < 1.29 is 9.47 Å². The second kappa shape index (κ2) is 3.35. The molecule has 1 saturated heterocycles. The van der Waals surface area contributed by atoms with Crippen molar-refractivity contribution in [3.63, 3.8) is 0 Å². The predicted octanol–water partition coefficient (Wildman–Crippen LogP) is 2.47. The minimum Gasteiger partial charge on any atom is -0.350 e. The minimum atomic E-state index is -0.171. The van der Waals surface area contributed by atoms with Crippen LogP contribution in [-0.4, -0.2) is 18.5 Å². The van der Waals surface area contributed by atoms with E-state index in [1.165, 1.54) is 19.3 Å². The van der Waals surface area contributed by atoms with Crippen LogP contribution in [0, 0.1) is 0 Å². The SMILES string of the molecule is CC1CCOC2(CCCCC2)O1. The van der Waals surface area contributed by atoms with Crippen LogP contribution < -0.4 is 0 Å². The molecule has 1 saturated carbocycles. The van der Waals surface area contributed by atoms with Gasteiger partial charge in [-0.15, -0.1) is 0 Å². The average Bonchev–Trinajstić information content (AvgIpc) is 2.05. The van der Waals surface area contributed by atoms with E-state index in [2.05, 4.69) is 6.92 Å². The van der Waals surface area contributed by atoms with E-state index in [0.29, 0.717) is 6.10 Å². The molecule has 12 heavy (non-hydrogen) atoms. The number of hydrogen-bond donors (Lipinski definition) is 0. The maximum absolute atomic E-state index is 5.89. The van der Waals surface area contributed by atoms with Gasteiger partial charge in [-0.25, -0.2) is 0 Å². The zero-order valence-electron chi connectivity index (χ0n) is 7.84. The summed E-state index contributed by atoms with van der Waals surface area (Å²) >= 11 is 0. The van der Waals surface area contributed by atoms with E-state index in [9.17, 15) is 0 Å². The van der Waals surface area contributed by atoms with Gasteiger partial charge in [0.1, 0.15) is 0 Å². The van der Waals surface area contributed by atoms with Crippen molar-refractivity contribution >= 4 is 0 Å². The summed E-state index contributed by atoms with van der Waals surface area (Å²) in [5.41, 5.74) is 0. The molecule has 1 atom stereocenters. The van der Waals surface area contributed by atoms with Crippen LogP contribution >= 0.6 is 0 Å². The van der Waals surface area contributed by atoms with Crippen molar-refractivity contribution in [2.24, 2.45) is 0 Å². The van der Waals surface area contributed by atoms with E-state index < -0.39 is 0 Å². The average molecular weight is 170 g/mol. The van der Waals surface area contributed by atoms with Crippen molar-refractivity contribution in [2.45, 2.75) is 57.3 Å². The lowest BCUT2D eigenvalue weighted by Gasteiger charge is -2.42. The largest absolute Gasteiger partial charge is 0.350 e. The first-order valence-electron chi connectivity index (χ1n) is 5.13. The fourth-order valence-electron chi connectivity index (χ4n) is 2.22. The van der Waals surface area contributed by atoms with Crippen molar-refractivity contribution in [3.8, 4) is 0 Å². The molecule has 1 heterocycles. The van der Waals surface area contributed by atoms with Crippen molar-refractivity contribution in [3.05, 3.63) is 0 Å². The van der Waals surface area contributed by atoms with Gasteiger partial charge in [0.05, 0.1) is 12.7 Å². The molecule has 2 heteroatoms. The third-order valence-corrected chi connectivity index (χ3v) is 2.92. The molecule has 2 nitrogen and oxygen atoms in total. The fraction of sp³-hybridized carbons (Fsp3) is 1.00. The van der Waals surface area contributed by atoms with E-state index in [-0.39, 0.29) is 5.79 Å². The molecule has 2 fully saturated rings. The van der Waals surface area contributed by atoms with Gasteiger partial charge in [0.2, 0.25) is 0 Å². The molecule has 70 valence electrons. The van der Waals surface area contributed by atoms with Crippen LogP contribution in [0.3, 0.4) is 0 Å². The number of ether oxygens (including phenoxy) is 2. The van der Waals surface area contributed by atoms with Gasteiger partial charge in [-0.1, -0.05) is 6.42 Å². The Labute approximate surface area is 74.2 Å². The molecule has 1 spiro atoms. The maximum Gasteiger partial charge on any atom is 0.168 e. The van der Waals surface area contributed by atoms with Gasteiger partial charge in [0.25, 0.3) is 0 Å². The van der Waals surface area contributed by atoms with Gasteiger partial charge in [0, 0.05) is 12.8 Å². The molecule has 1 unspecified atom stereocenters. The Balaban J connectivity index is 1.97. The Morgan fingerprint density at radius 2 is 1.92 bits per heavy atom. The summed E-state index contributed by atoms with van der Waals surface area (Å²) in [4.78, 5) is 0. The topological polar surface area (TPSA) is 18.5 Å². The lowest BCUT2D eigenvalue weighted by Crippen LogP contribution is -2.45. The smallest absolute Gasteiger partial charge is 0.168 e. The summed E-state index contributed by atoms with van der Waals surface area (Å²) < 4.78 is 11.6. The maximum atomic E-state index is 5.89. The second-order valence-corrected chi connectivity index (χ2v) is 4.04. The summed E-state index contributed by atoms with van der Waals surface area (Å²) in [6.45, 7) is 3.04. The highest BCUT2D eigenvalue weighted by Crippen LogP contribution is 2.36. The van der Waals surface area contributed by atoms with Crippen LogP contribution in [-0.2, 0) is 9.47 Å². The number of hydrogen-bond acceptors (Lipinski definition) is 2. The third kappa shape index (κ3) is 1.64. The monoisotopic (exact) mass is 170 g/mol. The molecule has 2 rings (SSSR count). The van der Waals surface area contributed by atoms with Gasteiger partial charge in [-0.2, -0.15) is 0 Å². The van der Waals surface area contributed by atoms with Crippen LogP contribution in [0.25, 0.3) is 0 Å². The molecule has 0 aromatic carbocycles. The van der Waals surface area contributed by atoms with E-state index in [1.54, 1.807) is 0 Å². The Morgan fingerprint density at radius 3 is 2.58 bits per heavy atom. The third-order valence-electron chi connectivity index (χ3n) is 2.92. The van der Waals surface area contributed by atoms with Gasteiger partial charge in [-0.3, -0.25) is 0 Å². The Morgan fingerprint density at radius 1 is 1.17 bits per heavy atom. The Hall–Kier alpha value is -0.0800. The van der Waals surface area contributed by atoms with Crippen LogP contribution in [0.2, 0.25) is 0 Å². The predicted molar refractivity (Wildman–Crippen MR) is 46.9 cm³/mol. The van der Waals surface area contributed by atoms with Crippen molar-refractivity contribution in [2.75, 3.05) is 6.61 Å². The molecule has 2 aliphatic rings. The molecule has 0 bridgehead atoms. The lowest BCUT2D eigenvalue weighted by molar-refractivity contribution is -0.301. The highest BCUT2D eigenvalue weighted by molar-refractivity contribution is 4.79. The van der Waals surface area contributed by atoms with Crippen LogP contribution in [0.1, 0.15) is 45.4 Å². The van der Waals surface area contributed by atoms with Gasteiger partial charge in [-0.05, 0) is 26.2 Å². The number of rotatable bonds is 0. The summed E-state index contributed by atoms with van der Waals surface area (Å²) in [6, 6.07) is 0. The fourth-order valence-corrected chi connectivity index (χ4v) is 2.22. The standard InChI is InChI=1S/C10H18O2/c1-9-5-8-11-10(12-9)6-3-2-4-7-10/h9H,2-8H2,1H3. The van der Waals surface area contributed by atoms with Crippen LogP contribution in [0.5, 0.6) is 0 Å². The molecular weight excluding hydrogens is 152 g/mol. The summed E-state index contributed by atoms with van der Waals surface area (Å²) in [5.74, 6) is -0.171. The normalized spacial score (nSPS) is 35.2. The second-order valence-electron chi connectivity index (χ2n) is 4.04. The summed E-state index contributed by atoms with van der Waals surface area (Å²) in [7, 11) is 0. The van der Waals surface area contributed by atoms with Gasteiger partial charge >= 0.3 is 0 Å². The molecular formula is C10H18O2. The Kier molecular flexibility index (Phi) is 2.37. The molecule has 0 amide bonds. The molecule has 0 radical (unpaired) electrons. The summed E-state index contributed by atoms with van der Waals surface area (Å²) in [5, 5.41) is 0. The first-order valence-corrected chi connectivity index (χ1v) is 5.13.